The van der Waals surface area contributed by atoms with E-state index in [4.69, 9.17) is 26.1 Å². The highest BCUT2D eigenvalue weighted by molar-refractivity contribution is 5.96. The number of anilines is 2. The molecule has 3 aromatic carbocycles. The third-order valence-electron chi connectivity index (χ3n) is 3.61. The highest BCUT2D eigenvalue weighted by Crippen LogP contribution is 2.39. The second-order valence-electron chi connectivity index (χ2n) is 5.49. The summed E-state index contributed by atoms with van der Waals surface area (Å²) in [6, 6.07) is 15.7. The van der Waals surface area contributed by atoms with Crippen molar-refractivity contribution < 1.29 is 20.0 Å². The molecule has 1 aliphatic rings. The number of quaternary nitrogens is 1. The van der Waals surface area contributed by atoms with Gasteiger partial charge in [-0.05, 0) is 30.5 Å². The number of hydrogen-bond acceptors (Lipinski definition) is 5. The third kappa shape index (κ3) is 3.09. The molecule has 0 saturated carbocycles. The normalized spacial score (nSPS) is 11.5. The molecule has 0 bridgehead atoms. The number of ether oxygens (including phenoxy) is 1. The SMILES string of the molecule is CC(=O)[O-].Nc1ccc2c(c1)Oc1cc3c(N)cccc3cc1[NH2+]2. The lowest BCUT2D eigenvalue weighted by atomic mass is 10.1. The van der Waals surface area contributed by atoms with Gasteiger partial charge in [0.25, 0.3) is 0 Å². The maximum absolute atomic E-state index is 8.89. The average Bonchev–Trinajstić information content (AvgIpc) is 2.51. The van der Waals surface area contributed by atoms with Gasteiger partial charge in [-0.3, -0.25) is 5.32 Å². The lowest BCUT2D eigenvalue weighted by molar-refractivity contribution is -0.483. The van der Waals surface area contributed by atoms with E-state index in [2.05, 4.69) is 17.4 Å². The molecule has 0 spiro atoms. The molecular formula is C18H17N3O3. The van der Waals surface area contributed by atoms with E-state index in [0.29, 0.717) is 5.69 Å². The number of nitrogen functional groups attached to an aromatic ring is 2. The van der Waals surface area contributed by atoms with Crippen molar-refractivity contribution in [2.45, 2.75) is 6.92 Å². The van der Waals surface area contributed by atoms with Gasteiger partial charge in [-0.2, -0.15) is 0 Å². The molecule has 0 aromatic heterocycles. The van der Waals surface area contributed by atoms with E-state index in [1.165, 1.54) is 0 Å². The Labute approximate surface area is 138 Å². The second kappa shape index (κ2) is 6.10. The van der Waals surface area contributed by atoms with E-state index in [-0.39, 0.29) is 0 Å². The molecule has 3 aromatic rings. The minimum absolute atomic E-state index is 0.695. The molecule has 1 aliphatic heterocycles. The van der Waals surface area contributed by atoms with Crippen molar-refractivity contribution in [3.8, 4) is 11.5 Å². The first kappa shape index (κ1) is 15.6. The molecule has 4 rings (SSSR count). The van der Waals surface area contributed by atoms with Crippen LogP contribution in [0.25, 0.3) is 10.8 Å². The summed E-state index contributed by atoms with van der Waals surface area (Å²) in [5.41, 5.74) is 15.4. The maximum atomic E-state index is 8.89. The topological polar surface area (TPSA) is 118 Å². The number of carbonyl (C=O) groups excluding carboxylic acids is 1. The number of benzene rings is 3. The van der Waals surface area contributed by atoms with Crippen LogP contribution >= 0.6 is 0 Å². The number of hydrogen-bond donors (Lipinski definition) is 3. The Morgan fingerprint density at radius 1 is 1.04 bits per heavy atom. The van der Waals surface area contributed by atoms with Gasteiger partial charge in [0.2, 0.25) is 0 Å². The Morgan fingerprint density at radius 3 is 2.50 bits per heavy atom. The summed E-state index contributed by atoms with van der Waals surface area (Å²) < 4.78 is 5.95. The van der Waals surface area contributed by atoms with E-state index in [0.717, 1.165) is 46.3 Å². The number of rotatable bonds is 0. The lowest BCUT2D eigenvalue weighted by Crippen LogP contribution is -2.72. The van der Waals surface area contributed by atoms with Crippen LogP contribution in [-0.2, 0) is 4.79 Å². The van der Waals surface area contributed by atoms with Crippen LogP contribution in [-0.4, -0.2) is 5.97 Å². The molecule has 6 nitrogen and oxygen atoms in total. The molecule has 1 heterocycles. The van der Waals surface area contributed by atoms with Crippen molar-refractivity contribution in [2.24, 2.45) is 0 Å². The van der Waals surface area contributed by atoms with Gasteiger partial charge in [0.05, 0.1) is 0 Å². The average molecular weight is 323 g/mol. The fourth-order valence-corrected chi connectivity index (χ4v) is 2.59. The first-order valence-corrected chi connectivity index (χ1v) is 7.36. The summed E-state index contributed by atoms with van der Waals surface area (Å²) in [5, 5.41) is 13.1. The van der Waals surface area contributed by atoms with Gasteiger partial charge in [-0.25, -0.2) is 0 Å². The van der Waals surface area contributed by atoms with Crippen LogP contribution < -0.4 is 26.6 Å². The van der Waals surface area contributed by atoms with E-state index < -0.39 is 5.97 Å². The van der Waals surface area contributed by atoms with E-state index in [1.54, 1.807) is 0 Å². The molecular weight excluding hydrogens is 306 g/mol. The molecule has 6 heteroatoms. The van der Waals surface area contributed by atoms with Crippen molar-refractivity contribution in [2.75, 3.05) is 11.5 Å². The van der Waals surface area contributed by atoms with Crippen LogP contribution in [0, 0.1) is 0 Å². The maximum Gasteiger partial charge on any atom is 0.190 e. The van der Waals surface area contributed by atoms with Crippen molar-refractivity contribution in [1.29, 1.82) is 0 Å². The van der Waals surface area contributed by atoms with Crippen LogP contribution in [0.15, 0.2) is 48.5 Å². The summed E-state index contributed by atoms with van der Waals surface area (Å²) in [6.45, 7) is 0.972. The largest absolute Gasteiger partial charge is 0.550 e. The quantitative estimate of drug-likeness (QED) is 0.423. The molecule has 0 fully saturated rings. The number of nitrogens with two attached hydrogens (primary N) is 3. The van der Waals surface area contributed by atoms with Gasteiger partial charge in [-0.15, -0.1) is 0 Å². The van der Waals surface area contributed by atoms with Crippen molar-refractivity contribution in [1.82, 2.24) is 0 Å². The highest BCUT2D eigenvalue weighted by Gasteiger charge is 2.22. The van der Waals surface area contributed by atoms with Crippen LogP contribution in [0.5, 0.6) is 11.5 Å². The molecule has 122 valence electrons. The number of carbonyl (C=O) groups is 1. The minimum atomic E-state index is -1.08. The van der Waals surface area contributed by atoms with Crippen molar-refractivity contribution in [3.05, 3.63) is 48.5 Å². The van der Waals surface area contributed by atoms with Crippen LogP contribution in [0.1, 0.15) is 6.92 Å². The lowest BCUT2D eigenvalue weighted by Gasteiger charge is -2.18. The number of carboxylic acids is 1. The molecule has 0 amide bonds. The van der Waals surface area contributed by atoms with Crippen molar-refractivity contribution >= 4 is 39.5 Å². The Morgan fingerprint density at radius 2 is 1.75 bits per heavy atom. The van der Waals surface area contributed by atoms with Crippen LogP contribution in [0.4, 0.5) is 22.7 Å². The Kier molecular flexibility index (Phi) is 3.97. The Bertz CT molecular complexity index is 934. The Balaban J connectivity index is 0.000000383. The fourth-order valence-electron chi connectivity index (χ4n) is 2.59. The molecule has 0 radical (unpaired) electrons. The smallest absolute Gasteiger partial charge is 0.190 e. The van der Waals surface area contributed by atoms with E-state index >= 15 is 0 Å². The molecule has 6 N–H and O–H groups in total. The zero-order chi connectivity index (χ0) is 17.3. The van der Waals surface area contributed by atoms with Gasteiger partial charge in [-0.1, -0.05) is 12.1 Å². The predicted octanol–water partition coefficient (Wildman–Crippen LogP) is 1.39. The Hall–Kier alpha value is -3.25. The minimum Gasteiger partial charge on any atom is -0.550 e. The van der Waals surface area contributed by atoms with Gasteiger partial charge in [0, 0.05) is 40.9 Å². The summed E-state index contributed by atoms with van der Waals surface area (Å²) >= 11 is 0. The second-order valence-corrected chi connectivity index (χ2v) is 5.49. The van der Waals surface area contributed by atoms with Gasteiger partial charge >= 0.3 is 0 Å². The highest BCUT2D eigenvalue weighted by atomic mass is 16.5. The molecule has 0 aliphatic carbocycles. The van der Waals surface area contributed by atoms with Crippen LogP contribution in [0.2, 0.25) is 0 Å². The molecule has 0 unspecified atom stereocenters. The molecule has 24 heavy (non-hydrogen) atoms. The predicted molar refractivity (Wildman–Crippen MR) is 91.2 cm³/mol. The molecule has 0 saturated heterocycles. The molecule has 0 atom stereocenters. The zero-order valence-corrected chi connectivity index (χ0v) is 13.1. The third-order valence-corrected chi connectivity index (χ3v) is 3.61. The van der Waals surface area contributed by atoms with E-state index in [1.807, 2.05) is 36.4 Å². The summed E-state index contributed by atoms with van der Waals surface area (Å²) in [6.07, 6.45) is 0. The van der Waals surface area contributed by atoms with Gasteiger partial charge in [0.1, 0.15) is 0 Å². The first-order chi connectivity index (χ1) is 11.4. The number of fused-ring (bicyclic) bond motifs is 3. The monoisotopic (exact) mass is 323 g/mol. The number of aliphatic carboxylic acids is 1. The summed E-state index contributed by atoms with van der Waals surface area (Å²) in [4.78, 5) is 8.89. The summed E-state index contributed by atoms with van der Waals surface area (Å²) in [7, 11) is 0. The van der Waals surface area contributed by atoms with E-state index in [9.17, 15) is 0 Å². The first-order valence-electron chi connectivity index (χ1n) is 7.36. The van der Waals surface area contributed by atoms with Crippen LogP contribution in [0.3, 0.4) is 0 Å². The number of carboxylic acid groups (broad SMARTS) is 1. The fraction of sp³-hybridized carbons (Fsp3) is 0.0556. The standard InChI is InChI=1S/C16H13N3O.C2H4O2/c17-10-4-5-13-15(7-10)20-16-8-11-9(6-14(16)19-13)2-1-3-12(11)18;1-2(3)4/h1-8,19H,17-18H2;1H3,(H,3,4). The van der Waals surface area contributed by atoms with Gasteiger partial charge < -0.3 is 26.1 Å². The van der Waals surface area contributed by atoms with Gasteiger partial charge in [0.15, 0.2) is 22.9 Å². The zero-order valence-electron chi connectivity index (χ0n) is 13.1. The van der Waals surface area contributed by atoms with Crippen molar-refractivity contribution in [3.63, 3.8) is 0 Å². The summed E-state index contributed by atoms with van der Waals surface area (Å²) in [5.74, 6) is 0.514.